The van der Waals surface area contributed by atoms with Gasteiger partial charge in [0, 0.05) is 29.9 Å². The zero-order chi connectivity index (χ0) is 14.0. The summed E-state index contributed by atoms with van der Waals surface area (Å²) < 4.78 is 5.83. The lowest BCUT2D eigenvalue weighted by Gasteiger charge is -2.23. The lowest BCUT2D eigenvalue weighted by atomic mass is 9.93. The summed E-state index contributed by atoms with van der Waals surface area (Å²) in [7, 11) is 0. The average Bonchev–Trinajstić information content (AvgIpc) is 3.03. The molecule has 0 saturated heterocycles. The van der Waals surface area contributed by atoms with E-state index in [1.807, 2.05) is 6.92 Å². The molecule has 0 amide bonds. The van der Waals surface area contributed by atoms with E-state index < -0.39 is 0 Å². The summed E-state index contributed by atoms with van der Waals surface area (Å²) in [5.74, 6) is 0.678. The van der Waals surface area contributed by atoms with Gasteiger partial charge in [0.2, 0.25) is 0 Å². The van der Waals surface area contributed by atoms with E-state index in [4.69, 9.17) is 15.5 Å². The van der Waals surface area contributed by atoms with Crippen LogP contribution >= 0.6 is 11.3 Å². The lowest BCUT2D eigenvalue weighted by molar-refractivity contribution is 0.0288. The third-order valence-corrected chi connectivity index (χ3v) is 4.47. The first-order valence-electron chi connectivity index (χ1n) is 7.24. The molecule has 2 atom stereocenters. The van der Waals surface area contributed by atoms with Crippen molar-refractivity contribution in [2.24, 2.45) is 11.7 Å². The maximum absolute atomic E-state index is 6.34. The molecule has 1 heterocycles. The highest BCUT2D eigenvalue weighted by molar-refractivity contribution is 7.09. The molecule has 19 heavy (non-hydrogen) atoms. The zero-order valence-electron chi connectivity index (χ0n) is 12.5. The van der Waals surface area contributed by atoms with Crippen molar-refractivity contribution in [1.82, 2.24) is 4.98 Å². The van der Waals surface area contributed by atoms with Crippen molar-refractivity contribution in [3.8, 4) is 0 Å². The van der Waals surface area contributed by atoms with Gasteiger partial charge in [-0.1, -0.05) is 20.8 Å². The summed E-state index contributed by atoms with van der Waals surface area (Å²) in [5, 5.41) is 3.30. The second-order valence-electron chi connectivity index (χ2n) is 6.50. The van der Waals surface area contributed by atoms with E-state index in [2.05, 4.69) is 26.2 Å². The van der Waals surface area contributed by atoms with Crippen molar-refractivity contribution < 1.29 is 4.74 Å². The van der Waals surface area contributed by atoms with Crippen molar-refractivity contribution in [3.05, 3.63) is 16.1 Å². The van der Waals surface area contributed by atoms with Gasteiger partial charge in [-0.25, -0.2) is 4.98 Å². The van der Waals surface area contributed by atoms with Gasteiger partial charge in [-0.05, 0) is 25.7 Å². The molecule has 1 fully saturated rings. The Morgan fingerprint density at radius 3 is 2.63 bits per heavy atom. The molecule has 1 aromatic heterocycles. The van der Waals surface area contributed by atoms with Crippen LogP contribution in [0.15, 0.2) is 5.38 Å². The minimum Gasteiger partial charge on any atom is -0.377 e. The zero-order valence-corrected chi connectivity index (χ0v) is 13.3. The minimum atomic E-state index is 0.0754. The number of thiazole rings is 1. The molecule has 0 aromatic carbocycles. The van der Waals surface area contributed by atoms with Crippen molar-refractivity contribution in [3.63, 3.8) is 0 Å². The van der Waals surface area contributed by atoms with Gasteiger partial charge in [-0.15, -0.1) is 11.3 Å². The molecule has 0 spiro atoms. The van der Waals surface area contributed by atoms with Crippen molar-refractivity contribution in [1.29, 1.82) is 0 Å². The van der Waals surface area contributed by atoms with Gasteiger partial charge in [0.1, 0.15) is 0 Å². The van der Waals surface area contributed by atoms with Gasteiger partial charge in [0.25, 0.3) is 0 Å². The van der Waals surface area contributed by atoms with E-state index >= 15 is 0 Å². The van der Waals surface area contributed by atoms with Crippen LogP contribution in [0.1, 0.15) is 51.2 Å². The molecule has 2 N–H and O–H groups in total. The molecule has 1 aliphatic rings. The number of aromatic nitrogens is 1. The van der Waals surface area contributed by atoms with Gasteiger partial charge < -0.3 is 10.5 Å². The van der Waals surface area contributed by atoms with E-state index in [0.29, 0.717) is 5.92 Å². The highest BCUT2D eigenvalue weighted by Crippen LogP contribution is 2.36. The first-order valence-corrected chi connectivity index (χ1v) is 8.12. The molecule has 0 aliphatic heterocycles. The molecular weight excluding hydrogens is 256 g/mol. The normalized spacial score (nSPS) is 19.4. The fourth-order valence-corrected chi connectivity index (χ4v) is 3.39. The summed E-state index contributed by atoms with van der Waals surface area (Å²) in [4.78, 5) is 4.73. The molecule has 0 bridgehead atoms. The molecule has 4 heteroatoms. The Labute approximate surface area is 120 Å². The van der Waals surface area contributed by atoms with Crippen molar-refractivity contribution in [2.45, 2.75) is 64.5 Å². The maximum atomic E-state index is 6.34. The summed E-state index contributed by atoms with van der Waals surface area (Å²) in [6.07, 6.45) is 3.58. The minimum absolute atomic E-state index is 0.0754. The number of ether oxygens (including phenoxy) is 1. The number of rotatable bonds is 6. The first kappa shape index (κ1) is 14.9. The second kappa shape index (κ2) is 5.90. The molecule has 1 aromatic rings. The van der Waals surface area contributed by atoms with Gasteiger partial charge >= 0.3 is 0 Å². The number of hydrogen-bond donors (Lipinski definition) is 1. The third-order valence-electron chi connectivity index (χ3n) is 3.60. The van der Waals surface area contributed by atoms with Crippen LogP contribution < -0.4 is 5.73 Å². The van der Waals surface area contributed by atoms with Crippen LogP contribution in [0.4, 0.5) is 0 Å². The van der Waals surface area contributed by atoms with Crippen LogP contribution in [0.3, 0.4) is 0 Å². The number of nitrogens with two attached hydrogens (primary N) is 1. The summed E-state index contributed by atoms with van der Waals surface area (Å²) in [6, 6.07) is 0.0754. The van der Waals surface area contributed by atoms with Gasteiger partial charge in [0.05, 0.1) is 16.8 Å². The van der Waals surface area contributed by atoms with Gasteiger partial charge in [0.15, 0.2) is 0 Å². The number of nitrogens with zero attached hydrogens (tertiary/aromatic N) is 1. The fourth-order valence-electron chi connectivity index (χ4n) is 2.29. The molecule has 108 valence electrons. The third kappa shape index (κ3) is 4.01. The highest BCUT2D eigenvalue weighted by Gasteiger charge is 2.36. The Hall–Kier alpha value is -0.450. The summed E-state index contributed by atoms with van der Waals surface area (Å²) in [5.41, 5.74) is 7.62. The molecule has 2 rings (SSSR count). The monoisotopic (exact) mass is 282 g/mol. The molecule has 3 nitrogen and oxygen atoms in total. The van der Waals surface area contributed by atoms with Crippen LogP contribution in [0.2, 0.25) is 0 Å². The van der Waals surface area contributed by atoms with Crippen LogP contribution in [-0.2, 0) is 16.6 Å². The Morgan fingerprint density at radius 1 is 1.47 bits per heavy atom. The summed E-state index contributed by atoms with van der Waals surface area (Å²) >= 11 is 1.73. The molecule has 1 saturated carbocycles. The molecule has 2 unspecified atom stereocenters. The number of hydrogen-bond acceptors (Lipinski definition) is 4. The van der Waals surface area contributed by atoms with E-state index in [-0.39, 0.29) is 17.6 Å². The van der Waals surface area contributed by atoms with E-state index in [1.54, 1.807) is 11.3 Å². The van der Waals surface area contributed by atoms with E-state index in [0.717, 1.165) is 18.0 Å². The Bertz CT molecular complexity index is 407. The fraction of sp³-hybridized carbons (Fsp3) is 0.800. The standard InChI is InChI=1S/C15H26N2OS/c1-5-18-14(10-6-7-10)11(16)8-13-17-12(9-19-13)15(2,3)4/h9-11,14H,5-8,16H2,1-4H3. The van der Waals surface area contributed by atoms with Crippen LogP contribution in [-0.4, -0.2) is 23.7 Å². The summed E-state index contributed by atoms with van der Waals surface area (Å²) in [6.45, 7) is 9.38. The lowest BCUT2D eigenvalue weighted by Crippen LogP contribution is -2.40. The van der Waals surface area contributed by atoms with Crippen LogP contribution in [0, 0.1) is 5.92 Å². The van der Waals surface area contributed by atoms with Crippen molar-refractivity contribution >= 4 is 11.3 Å². The quantitative estimate of drug-likeness (QED) is 0.872. The van der Waals surface area contributed by atoms with E-state index in [9.17, 15) is 0 Å². The smallest absolute Gasteiger partial charge is 0.0944 e. The SMILES string of the molecule is CCOC(C(N)Cc1nc(C(C)(C)C)cs1)C1CC1. The first-order chi connectivity index (χ1) is 8.91. The predicted octanol–water partition coefficient (Wildman–Crippen LogP) is 3.13. The highest BCUT2D eigenvalue weighted by atomic mass is 32.1. The van der Waals surface area contributed by atoms with Gasteiger partial charge in [-0.3, -0.25) is 0 Å². The largest absolute Gasteiger partial charge is 0.377 e. The van der Waals surface area contributed by atoms with Gasteiger partial charge in [-0.2, -0.15) is 0 Å². The van der Waals surface area contributed by atoms with E-state index in [1.165, 1.54) is 18.5 Å². The average molecular weight is 282 g/mol. The molecule has 0 radical (unpaired) electrons. The topological polar surface area (TPSA) is 48.1 Å². The second-order valence-corrected chi connectivity index (χ2v) is 7.44. The Kier molecular flexibility index (Phi) is 4.64. The Morgan fingerprint density at radius 2 is 2.16 bits per heavy atom. The Balaban J connectivity index is 1.97. The van der Waals surface area contributed by atoms with Crippen molar-refractivity contribution in [2.75, 3.05) is 6.61 Å². The predicted molar refractivity (Wildman–Crippen MR) is 80.6 cm³/mol. The molecule has 1 aliphatic carbocycles. The van der Waals surface area contributed by atoms with Crippen LogP contribution in [0.25, 0.3) is 0 Å². The molecular formula is C15H26N2OS. The van der Waals surface area contributed by atoms with Crippen LogP contribution in [0.5, 0.6) is 0 Å². The maximum Gasteiger partial charge on any atom is 0.0944 e.